The number of rotatable bonds is 4. The van der Waals surface area contributed by atoms with E-state index in [0.717, 1.165) is 31.6 Å². The summed E-state index contributed by atoms with van der Waals surface area (Å²) >= 11 is 0. The van der Waals surface area contributed by atoms with Crippen LogP contribution >= 0.6 is 0 Å². The Morgan fingerprint density at radius 1 is 1.52 bits per heavy atom. The molecule has 1 heterocycles. The summed E-state index contributed by atoms with van der Waals surface area (Å²) in [5, 5.41) is 5.91. The number of nitrogens with one attached hydrogen (secondary N) is 2. The van der Waals surface area contributed by atoms with Gasteiger partial charge in [-0.25, -0.2) is 4.39 Å². The summed E-state index contributed by atoms with van der Waals surface area (Å²) in [5.41, 5.74) is 0.916. The molecular weight excluding hydrogens is 271 g/mol. The molecule has 0 saturated carbocycles. The van der Waals surface area contributed by atoms with Gasteiger partial charge < -0.3 is 15.4 Å². The molecule has 2 unspecified atom stereocenters. The average molecular weight is 294 g/mol. The van der Waals surface area contributed by atoms with E-state index in [-0.39, 0.29) is 17.2 Å². The summed E-state index contributed by atoms with van der Waals surface area (Å²) in [7, 11) is 0. The number of hydrogen-bond acceptors (Lipinski definition) is 3. The van der Waals surface area contributed by atoms with E-state index in [1.807, 2.05) is 0 Å². The maximum atomic E-state index is 13.6. The maximum absolute atomic E-state index is 13.6. The second-order valence-electron chi connectivity index (χ2n) is 5.86. The molecule has 0 radical (unpaired) electrons. The van der Waals surface area contributed by atoms with E-state index < -0.39 is 5.82 Å². The van der Waals surface area contributed by atoms with Crippen LogP contribution in [0.3, 0.4) is 0 Å². The molecule has 0 bridgehead atoms. The van der Waals surface area contributed by atoms with Gasteiger partial charge in [0, 0.05) is 25.3 Å². The van der Waals surface area contributed by atoms with Gasteiger partial charge in [0.15, 0.2) is 0 Å². The molecule has 5 heteroatoms. The molecule has 0 aromatic heterocycles. The molecule has 2 rings (SSSR count). The molecule has 0 aliphatic carbocycles. The Balaban J connectivity index is 2.07. The quantitative estimate of drug-likeness (QED) is 0.893. The average Bonchev–Trinajstić information content (AvgIpc) is 2.42. The molecule has 2 N–H and O–H groups in total. The Morgan fingerprint density at radius 3 is 2.95 bits per heavy atom. The molecule has 1 fully saturated rings. The lowest BCUT2D eigenvalue weighted by atomic mass is 9.90. The fourth-order valence-electron chi connectivity index (χ4n) is 2.64. The van der Waals surface area contributed by atoms with Crippen molar-refractivity contribution < 1.29 is 13.9 Å². The van der Waals surface area contributed by atoms with E-state index in [0.29, 0.717) is 6.04 Å². The Hall–Kier alpha value is -1.62. The third-order valence-corrected chi connectivity index (χ3v) is 3.99. The third kappa shape index (κ3) is 4.17. The zero-order valence-electron chi connectivity index (χ0n) is 12.8. The van der Waals surface area contributed by atoms with Crippen LogP contribution in [0.15, 0.2) is 18.2 Å². The van der Waals surface area contributed by atoms with E-state index in [1.165, 1.54) is 13.0 Å². The van der Waals surface area contributed by atoms with E-state index in [4.69, 9.17) is 4.74 Å². The van der Waals surface area contributed by atoms with Gasteiger partial charge in [0.05, 0.1) is 11.3 Å². The van der Waals surface area contributed by atoms with Gasteiger partial charge in [-0.2, -0.15) is 0 Å². The van der Waals surface area contributed by atoms with Crippen LogP contribution in [-0.2, 0) is 9.53 Å². The second-order valence-corrected chi connectivity index (χ2v) is 5.86. The van der Waals surface area contributed by atoms with Crippen LogP contribution in [0.5, 0.6) is 0 Å². The van der Waals surface area contributed by atoms with Crippen molar-refractivity contribution >= 4 is 17.3 Å². The van der Waals surface area contributed by atoms with Gasteiger partial charge in [0.25, 0.3) is 0 Å². The van der Waals surface area contributed by atoms with Gasteiger partial charge in [-0.05, 0) is 44.4 Å². The van der Waals surface area contributed by atoms with Crippen molar-refractivity contribution in [1.82, 2.24) is 0 Å². The topological polar surface area (TPSA) is 50.4 Å². The zero-order chi connectivity index (χ0) is 15.5. The molecule has 1 amide bonds. The molecule has 116 valence electrons. The Kier molecular flexibility index (Phi) is 4.83. The van der Waals surface area contributed by atoms with Crippen LogP contribution in [0, 0.1) is 5.82 Å². The number of hydrogen-bond donors (Lipinski definition) is 2. The highest BCUT2D eigenvalue weighted by atomic mass is 19.1. The summed E-state index contributed by atoms with van der Waals surface area (Å²) in [6.45, 7) is 6.33. The minimum absolute atomic E-state index is 0.101. The molecule has 1 aliphatic rings. The fourth-order valence-corrected chi connectivity index (χ4v) is 2.64. The van der Waals surface area contributed by atoms with Gasteiger partial charge in [-0.15, -0.1) is 0 Å². The molecule has 0 spiro atoms. The minimum atomic E-state index is -0.430. The molecule has 1 aromatic rings. The zero-order valence-corrected chi connectivity index (χ0v) is 12.8. The first-order valence-corrected chi connectivity index (χ1v) is 7.39. The summed E-state index contributed by atoms with van der Waals surface area (Å²) < 4.78 is 19.4. The fraction of sp³-hybridized carbons (Fsp3) is 0.562. The highest BCUT2D eigenvalue weighted by Gasteiger charge is 2.31. The Bertz CT molecular complexity index is 521. The molecule has 2 atom stereocenters. The number of ether oxygens (including phenoxy) is 1. The summed E-state index contributed by atoms with van der Waals surface area (Å²) in [5.74, 6) is -0.711. The predicted molar refractivity (Wildman–Crippen MR) is 82.0 cm³/mol. The monoisotopic (exact) mass is 294 g/mol. The van der Waals surface area contributed by atoms with Crippen molar-refractivity contribution in [1.29, 1.82) is 0 Å². The van der Waals surface area contributed by atoms with Crippen LogP contribution in [-0.4, -0.2) is 24.2 Å². The standard InChI is InChI=1S/C16H23FN2O2/c1-4-16(3)10-13(7-8-21-16)19-12-5-6-14(17)15(9-12)18-11(2)20/h5-6,9,13,19H,4,7-8,10H2,1-3H3,(H,18,20). The molecule has 1 aliphatic heterocycles. The Morgan fingerprint density at radius 2 is 2.29 bits per heavy atom. The number of anilines is 2. The van der Waals surface area contributed by atoms with Gasteiger partial charge in [-0.3, -0.25) is 4.79 Å². The predicted octanol–water partition coefficient (Wildman–Crippen LogP) is 3.54. The van der Waals surface area contributed by atoms with E-state index in [9.17, 15) is 9.18 Å². The first kappa shape index (κ1) is 15.8. The number of carbonyl (C=O) groups is 1. The van der Waals surface area contributed by atoms with Gasteiger partial charge >= 0.3 is 0 Å². The molecule has 1 saturated heterocycles. The number of amides is 1. The molecular formula is C16H23FN2O2. The first-order chi connectivity index (χ1) is 9.92. The van der Waals surface area contributed by atoms with Gasteiger partial charge in [0.1, 0.15) is 5.82 Å². The van der Waals surface area contributed by atoms with Crippen molar-refractivity contribution in [3.05, 3.63) is 24.0 Å². The molecule has 21 heavy (non-hydrogen) atoms. The SMILES string of the molecule is CCC1(C)CC(Nc2ccc(F)c(NC(C)=O)c2)CCO1. The van der Waals surface area contributed by atoms with Gasteiger partial charge in [0.2, 0.25) is 5.91 Å². The highest BCUT2D eigenvalue weighted by Crippen LogP contribution is 2.30. The van der Waals surface area contributed by atoms with Crippen molar-refractivity contribution in [3.63, 3.8) is 0 Å². The minimum Gasteiger partial charge on any atom is -0.382 e. The van der Waals surface area contributed by atoms with Crippen LogP contribution < -0.4 is 10.6 Å². The lowest BCUT2D eigenvalue weighted by Crippen LogP contribution is -2.41. The smallest absolute Gasteiger partial charge is 0.221 e. The van der Waals surface area contributed by atoms with Gasteiger partial charge in [-0.1, -0.05) is 6.92 Å². The van der Waals surface area contributed by atoms with Crippen molar-refractivity contribution in [2.45, 2.75) is 51.7 Å². The molecule has 1 aromatic carbocycles. The van der Waals surface area contributed by atoms with Crippen LogP contribution in [0.1, 0.15) is 40.0 Å². The van der Waals surface area contributed by atoms with Crippen LogP contribution in [0.4, 0.5) is 15.8 Å². The number of benzene rings is 1. The third-order valence-electron chi connectivity index (χ3n) is 3.99. The van der Waals surface area contributed by atoms with Crippen molar-refractivity contribution in [2.75, 3.05) is 17.2 Å². The largest absolute Gasteiger partial charge is 0.382 e. The molecule has 4 nitrogen and oxygen atoms in total. The Labute approximate surface area is 125 Å². The summed E-state index contributed by atoms with van der Waals surface area (Å²) in [6, 6.07) is 4.99. The maximum Gasteiger partial charge on any atom is 0.221 e. The van der Waals surface area contributed by atoms with Crippen molar-refractivity contribution in [2.24, 2.45) is 0 Å². The van der Waals surface area contributed by atoms with Crippen molar-refractivity contribution in [3.8, 4) is 0 Å². The van der Waals surface area contributed by atoms with E-state index in [2.05, 4.69) is 24.5 Å². The van der Waals surface area contributed by atoms with Crippen LogP contribution in [0.25, 0.3) is 0 Å². The summed E-state index contributed by atoms with van der Waals surface area (Å²) in [4.78, 5) is 11.1. The number of carbonyl (C=O) groups excluding carboxylic acids is 1. The highest BCUT2D eigenvalue weighted by molar-refractivity contribution is 5.89. The van der Waals surface area contributed by atoms with E-state index >= 15 is 0 Å². The summed E-state index contributed by atoms with van der Waals surface area (Å²) in [6.07, 6.45) is 2.80. The normalized spacial score (nSPS) is 25.4. The first-order valence-electron chi connectivity index (χ1n) is 7.39. The second kappa shape index (κ2) is 6.43. The van der Waals surface area contributed by atoms with E-state index in [1.54, 1.807) is 12.1 Å². The number of halogens is 1. The van der Waals surface area contributed by atoms with Crippen LogP contribution in [0.2, 0.25) is 0 Å². The lowest BCUT2D eigenvalue weighted by Gasteiger charge is -2.38. The lowest BCUT2D eigenvalue weighted by molar-refractivity contribution is -0.114.